The molecule has 0 saturated carbocycles. The van der Waals surface area contributed by atoms with Crippen molar-refractivity contribution in [1.82, 2.24) is 4.90 Å². The van der Waals surface area contributed by atoms with Crippen molar-refractivity contribution in [2.75, 3.05) is 19.4 Å². The molecule has 5 heteroatoms. The minimum atomic E-state index is -0.174. The maximum absolute atomic E-state index is 12.6. The van der Waals surface area contributed by atoms with E-state index in [-0.39, 0.29) is 11.7 Å². The molecule has 0 bridgehead atoms. The molecule has 0 heterocycles. The average Bonchev–Trinajstić information content (AvgIpc) is 2.59. The number of aryl methyl sites for hydroxylation is 1. The minimum absolute atomic E-state index is 0.0508. The Bertz CT molecular complexity index is 854. The predicted octanol–water partition coefficient (Wildman–Crippen LogP) is 4.28. The van der Waals surface area contributed by atoms with Crippen LogP contribution in [-0.4, -0.2) is 30.7 Å². The van der Waals surface area contributed by atoms with Crippen LogP contribution in [0.15, 0.2) is 58.7 Å². The molecule has 0 spiro atoms. The summed E-state index contributed by atoms with van der Waals surface area (Å²) < 4.78 is 0.958. The summed E-state index contributed by atoms with van der Waals surface area (Å²) in [6.07, 6.45) is 3.33. The number of fused-ring (bicyclic) bond motifs is 1. The molecular weight excluding hydrogens is 380 g/mol. The molecule has 4 nitrogen and oxygen atoms in total. The highest BCUT2D eigenvalue weighted by atomic mass is 79.9. The first kappa shape index (κ1) is 17.4. The average molecular weight is 399 g/mol. The van der Waals surface area contributed by atoms with E-state index in [9.17, 15) is 9.59 Å². The lowest BCUT2D eigenvalue weighted by Gasteiger charge is -2.19. The first-order chi connectivity index (χ1) is 11.9. The number of allylic oxidation sites excluding steroid dienone is 1. The van der Waals surface area contributed by atoms with Crippen molar-refractivity contribution in [1.29, 1.82) is 0 Å². The second kappa shape index (κ2) is 7.23. The lowest BCUT2D eigenvalue weighted by molar-refractivity contribution is 0.101. The summed E-state index contributed by atoms with van der Waals surface area (Å²) >= 11 is 3.37. The van der Waals surface area contributed by atoms with Crippen molar-refractivity contribution < 1.29 is 9.59 Å². The number of benzene rings is 2. The van der Waals surface area contributed by atoms with Gasteiger partial charge in [0.25, 0.3) is 5.91 Å². The van der Waals surface area contributed by atoms with Crippen molar-refractivity contribution in [3.8, 4) is 0 Å². The smallest absolute Gasteiger partial charge is 0.255 e. The van der Waals surface area contributed by atoms with E-state index in [1.165, 1.54) is 0 Å². The molecule has 0 aromatic heterocycles. The first-order valence-electron chi connectivity index (χ1n) is 8.06. The fourth-order valence-corrected chi connectivity index (χ4v) is 3.15. The molecule has 0 fully saturated rings. The molecule has 128 valence electrons. The Morgan fingerprint density at radius 3 is 2.52 bits per heavy atom. The van der Waals surface area contributed by atoms with Gasteiger partial charge in [0.05, 0.1) is 0 Å². The molecule has 1 amide bonds. The molecule has 3 rings (SSSR count). The van der Waals surface area contributed by atoms with E-state index < -0.39 is 0 Å². The second-order valence-electron chi connectivity index (χ2n) is 6.28. The number of rotatable bonds is 3. The van der Waals surface area contributed by atoms with Crippen LogP contribution in [0.2, 0.25) is 0 Å². The highest BCUT2D eigenvalue weighted by molar-refractivity contribution is 9.10. The van der Waals surface area contributed by atoms with Gasteiger partial charge in [-0.3, -0.25) is 9.59 Å². The lowest BCUT2D eigenvalue weighted by Crippen LogP contribution is -2.19. The number of halogens is 1. The van der Waals surface area contributed by atoms with Crippen LogP contribution >= 0.6 is 15.9 Å². The Hall–Kier alpha value is -2.40. The second-order valence-corrected chi connectivity index (χ2v) is 7.20. The molecule has 0 unspecified atom stereocenters. The van der Waals surface area contributed by atoms with Crippen LogP contribution in [-0.2, 0) is 6.42 Å². The van der Waals surface area contributed by atoms with Gasteiger partial charge in [0.2, 0.25) is 0 Å². The van der Waals surface area contributed by atoms with Crippen molar-refractivity contribution in [2.24, 2.45) is 0 Å². The number of nitrogens with zero attached hydrogens (tertiary/aromatic N) is 1. The van der Waals surface area contributed by atoms with Crippen molar-refractivity contribution >= 4 is 33.3 Å². The number of amides is 1. The van der Waals surface area contributed by atoms with Gasteiger partial charge in [0, 0.05) is 47.2 Å². The highest BCUT2D eigenvalue weighted by Crippen LogP contribution is 2.26. The molecular formula is C20H19BrN2O2. The van der Waals surface area contributed by atoms with Crippen LogP contribution in [0.3, 0.4) is 0 Å². The van der Waals surface area contributed by atoms with E-state index in [0.717, 1.165) is 27.7 Å². The SMILES string of the molecule is CN(C)/C=C1/CCc2cc(C(=O)Nc3ccc(Br)cc3)ccc2C1=O. The van der Waals surface area contributed by atoms with Gasteiger partial charge in [-0.15, -0.1) is 0 Å². The van der Waals surface area contributed by atoms with Crippen molar-refractivity contribution in [2.45, 2.75) is 12.8 Å². The number of hydrogen-bond acceptors (Lipinski definition) is 3. The molecule has 1 aliphatic carbocycles. The maximum Gasteiger partial charge on any atom is 0.255 e. The topological polar surface area (TPSA) is 49.4 Å². The molecule has 2 aromatic rings. The fraction of sp³-hybridized carbons (Fsp3) is 0.200. The summed E-state index contributed by atoms with van der Waals surface area (Å²) in [5.74, 6) is -0.123. The lowest BCUT2D eigenvalue weighted by atomic mass is 9.86. The van der Waals surface area contributed by atoms with Crippen LogP contribution in [0.25, 0.3) is 0 Å². The zero-order chi connectivity index (χ0) is 18.0. The minimum Gasteiger partial charge on any atom is -0.383 e. The summed E-state index contributed by atoms with van der Waals surface area (Å²) in [6.45, 7) is 0. The molecule has 0 saturated heterocycles. The third-order valence-corrected chi connectivity index (χ3v) is 4.61. The summed E-state index contributed by atoms with van der Waals surface area (Å²) in [4.78, 5) is 26.9. The van der Waals surface area contributed by atoms with E-state index in [4.69, 9.17) is 0 Å². The zero-order valence-electron chi connectivity index (χ0n) is 14.2. The number of ketones is 1. The first-order valence-corrected chi connectivity index (χ1v) is 8.85. The van der Waals surface area contributed by atoms with Gasteiger partial charge in [-0.05, 0) is 60.9 Å². The van der Waals surface area contributed by atoms with Gasteiger partial charge in [-0.25, -0.2) is 0 Å². The van der Waals surface area contributed by atoms with Gasteiger partial charge in [-0.2, -0.15) is 0 Å². The summed E-state index contributed by atoms with van der Waals surface area (Å²) in [7, 11) is 3.82. The normalized spacial score (nSPS) is 15.0. The zero-order valence-corrected chi connectivity index (χ0v) is 15.8. The molecule has 0 aliphatic heterocycles. The third kappa shape index (κ3) is 3.99. The number of anilines is 1. The van der Waals surface area contributed by atoms with Crippen LogP contribution in [0, 0.1) is 0 Å². The Kier molecular flexibility index (Phi) is 5.04. The molecule has 1 N–H and O–H groups in total. The predicted molar refractivity (Wildman–Crippen MR) is 103 cm³/mol. The molecule has 1 aliphatic rings. The van der Waals surface area contributed by atoms with Crippen LogP contribution in [0.5, 0.6) is 0 Å². The van der Waals surface area contributed by atoms with Crippen molar-refractivity contribution in [3.05, 3.63) is 75.4 Å². The Morgan fingerprint density at radius 1 is 1.12 bits per heavy atom. The Balaban J connectivity index is 1.81. The van der Waals surface area contributed by atoms with Crippen molar-refractivity contribution in [3.63, 3.8) is 0 Å². The van der Waals surface area contributed by atoms with Crippen LogP contribution in [0.4, 0.5) is 5.69 Å². The number of hydrogen-bond donors (Lipinski definition) is 1. The monoisotopic (exact) mass is 398 g/mol. The van der Waals surface area contributed by atoms with Crippen LogP contribution in [0.1, 0.15) is 32.7 Å². The molecule has 2 aromatic carbocycles. The number of carbonyl (C=O) groups excluding carboxylic acids is 2. The van der Waals surface area contributed by atoms with Gasteiger partial charge in [0.15, 0.2) is 5.78 Å². The van der Waals surface area contributed by atoms with E-state index in [0.29, 0.717) is 17.5 Å². The van der Waals surface area contributed by atoms with Gasteiger partial charge < -0.3 is 10.2 Å². The standard InChI is InChI=1S/C20H19BrN2O2/c1-23(2)12-15-4-3-13-11-14(5-10-18(13)19(15)24)20(25)22-17-8-6-16(21)7-9-17/h5-12H,3-4H2,1-2H3,(H,22,25)/b15-12-. The largest absolute Gasteiger partial charge is 0.383 e. The van der Waals surface area contributed by atoms with Crippen LogP contribution < -0.4 is 5.32 Å². The summed E-state index contributed by atoms with van der Waals surface area (Å²) in [6, 6.07) is 12.7. The van der Waals surface area contributed by atoms with E-state index in [2.05, 4.69) is 21.2 Å². The summed E-state index contributed by atoms with van der Waals surface area (Å²) in [5, 5.41) is 2.88. The number of nitrogens with one attached hydrogen (secondary N) is 1. The Morgan fingerprint density at radius 2 is 1.84 bits per heavy atom. The number of Topliss-reactive ketones (excluding diaryl/α,β-unsaturated/α-hetero) is 1. The molecule has 0 radical (unpaired) electrons. The van der Waals surface area contributed by atoms with Gasteiger partial charge >= 0.3 is 0 Å². The van der Waals surface area contributed by atoms with Gasteiger partial charge in [0.1, 0.15) is 0 Å². The van der Waals surface area contributed by atoms with E-state index in [1.807, 2.05) is 55.5 Å². The number of carbonyl (C=O) groups is 2. The highest BCUT2D eigenvalue weighted by Gasteiger charge is 2.23. The summed E-state index contributed by atoms with van der Waals surface area (Å²) in [5.41, 5.74) is 3.74. The van der Waals surface area contributed by atoms with E-state index in [1.54, 1.807) is 12.1 Å². The van der Waals surface area contributed by atoms with Gasteiger partial charge in [-0.1, -0.05) is 15.9 Å². The third-order valence-electron chi connectivity index (χ3n) is 4.08. The molecule has 25 heavy (non-hydrogen) atoms. The maximum atomic E-state index is 12.6. The quantitative estimate of drug-likeness (QED) is 0.785. The Labute approximate surface area is 155 Å². The fourth-order valence-electron chi connectivity index (χ4n) is 2.89. The van der Waals surface area contributed by atoms with E-state index >= 15 is 0 Å². The molecule has 0 atom stereocenters.